The van der Waals surface area contributed by atoms with Gasteiger partial charge in [0.05, 0.1) is 30.3 Å². The van der Waals surface area contributed by atoms with Crippen molar-refractivity contribution in [3.8, 4) is 33.9 Å². The number of fused-ring (bicyclic) bond motifs is 1. The summed E-state index contributed by atoms with van der Waals surface area (Å²) in [4.78, 5) is 14.0. The van der Waals surface area contributed by atoms with E-state index >= 15 is 0 Å². The first kappa shape index (κ1) is 26.6. The Labute approximate surface area is 238 Å². The maximum Gasteiger partial charge on any atom is 0.175 e. The van der Waals surface area contributed by atoms with Crippen molar-refractivity contribution < 1.29 is 17.9 Å². The quantitative estimate of drug-likeness (QED) is 0.303. The monoisotopic (exact) mass is 570 g/mol. The molecule has 0 amide bonds. The van der Waals surface area contributed by atoms with E-state index in [1.165, 1.54) is 6.26 Å². The summed E-state index contributed by atoms with van der Waals surface area (Å²) >= 11 is 0. The van der Waals surface area contributed by atoms with Crippen molar-refractivity contribution in [2.75, 3.05) is 56.5 Å². The van der Waals surface area contributed by atoms with Gasteiger partial charge in [-0.15, -0.1) is 0 Å². The molecule has 41 heavy (non-hydrogen) atoms. The van der Waals surface area contributed by atoms with Gasteiger partial charge < -0.3 is 19.3 Å². The summed E-state index contributed by atoms with van der Waals surface area (Å²) in [5.74, 6) is 2.16. The lowest BCUT2D eigenvalue weighted by Gasteiger charge is -2.37. The molecule has 0 aliphatic carbocycles. The van der Waals surface area contributed by atoms with Gasteiger partial charge in [0.15, 0.2) is 21.3 Å². The summed E-state index contributed by atoms with van der Waals surface area (Å²) in [7, 11) is -0.0359. The summed E-state index contributed by atoms with van der Waals surface area (Å²) in [6.07, 6.45) is 4.73. The average molecular weight is 571 g/mol. The standard InChI is InChI=1S/C30H30N6O4S/c1-39-27-10-8-21(16-28(27)40-2)29-25(18-33-34-29)20-7-9-26-24(15-20)30(32-19-31-26)36-13-11-35(12-14-36)22-5-4-6-23(17-22)41(3,37)38/h4-10,15-19H,11-14H2,1-3H3,(H,33,34). The number of methoxy groups -OCH3 is 2. The number of benzene rings is 3. The highest BCUT2D eigenvalue weighted by molar-refractivity contribution is 7.90. The molecule has 6 rings (SSSR count). The number of sulfone groups is 1. The van der Waals surface area contributed by atoms with E-state index in [0.717, 1.165) is 71.0 Å². The molecule has 0 saturated carbocycles. The van der Waals surface area contributed by atoms with E-state index in [-0.39, 0.29) is 0 Å². The van der Waals surface area contributed by atoms with Gasteiger partial charge in [-0.05, 0) is 54.1 Å². The minimum atomic E-state index is -3.27. The van der Waals surface area contributed by atoms with Gasteiger partial charge in [-0.25, -0.2) is 18.4 Å². The fraction of sp³-hybridized carbons (Fsp3) is 0.233. The van der Waals surface area contributed by atoms with Gasteiger partial charge in [0, 0.05) is 60.8 Å². The molecule has 0 spiro atoms. The van der Waals surface area contributed by atoms with E-state index in [1.54, 1.807) is 38.7 Å². The van der Waals surface area contributed by atoms with Crippen LogP contribution in [-0.2, 0) is 9.84 Å². The van der Waals surface area contributed by atoms with Crippen LogP contribution in [0.5, 0.6) is 11.5 Å². The molecule has 3 aromatic carbocycles. The van der Waals surface area contributed by atoms with Crippen LogP contribution < -0.4 is 19.3 Å². The van der Waals surface area contributed by atoms with Gasteiger partial charge in [-0.3, -0.25) is 5.10 Å². The Morgan fingerprint density at radius 3 is 2.34 bits per heavy atom. The van der Waals surface area contributed by atoms with Crippen LogP contribution in [0.25, 0.3) is 33.3 Å². The maximum atomic E-state index is 12.0. The lowest BCUT2D eigenvalue weighted by atomic mass is 10.00. The minimum absolute atomic E-state index is 0.332. The SMILES string of the molecule is COc1ccc(-c2n[nH]cc2-c2ccc3ncnc(N4CCN(c5cccc(S(C)(=O)=O)c5)CC4)c3c2)cc1OC. The number of aromatic amines is 1. The largest absolute Gasteiger partial charge is 0.493 e. The smallest absolute Gasteiger partial charge is 0.175 e. The Hall–Kier alpha value is -4.64. The van der Waals surface area contributed by atoms with Gasteiger partial charge in [0.25, 0.3) is 0 Å². The second kappa shape index (κ2) is 10.7. The normalized spacial score (nSPS) is 13.9. The summed E-state index contributed by atoms with van der Waals surface area (Å²) in [5.41, 5.74) is 5.41. The van der Waals surface area contributed by atoms with Crippen molar-refractivity contribution in [1.29, 1.82) is 0 Å². The zero-order chi connectivity index (χ0) is 28.6. The average Bonchev–Trinajstić information content (AvgIpc) is 3.50. The van der Waals surface area contributed by atoms with Crippen molar-refractivity contribution in [3.05, 3.63) is 73.2 Å². The highest BCUT2D eigenvalue weighted by atomic mass is 32.2. The summed E-state index contributed by atoms with van der Waals surface area (Å²) < 4.78 is 35.0. The van der Waals surface area contributed by atoms with Gasteiger partial charge in [0.2, 0.25) is 0 Å². The van der Waals surface area contributed by atoms with Crippen molar-refractivity contribution in [3.63, 3.8) is 0 Å². The lowest BCUT2D eigenvalue weighted by molar-refractivity contribution is 0.355. The molecule has 11 heteroatoms. The first-order valence-corrected chi connectivity index (χ1v) is 15.1. The van der Waals surface area contributed by atoms with E-state index < -0.39 is 9.84 Å². The van der Waals surface area contributed by atoms with Gasteiger partial charge in [-0.1, -0.05) is 12.1 Å². The maximum absolute atomic E-state index is 12.0. The number of H-pyrrole nitrogens is 1. The van der Waals surface area contributed by atoms with Gasteiger partial charge in [-0.2, -0.15) is 5.10 Å². The zero-order valence-corrected chi connectivity index (χ0v) is 23.9. The molecule has 5 aromatic rings. The zero-order valence-electron chi connectivity index (χ0n) is 23.0. The Bertz CT molecular complexity index is 1830. The van der Waals surface area contributed by atoms with Crippen molar-refractivity contribution >= 4 is 32.2 Å². The summed E-state index contributed by atoms with van der Waals surface area (Å²) in [6, 6.07) is 19.0. The third-order valence-corrected chi connectivity index (χ3v) is 8.52. The van der Waals surface area contributed by atoms with Crippen LogP contribution in [0.1, 0.15) is 0 Å². The van der Waals surface area contributed by atoms with Crippen LogP contribution in [0.4, 0.5) is 11.5 Å². The number of aromatic nitrogens is 4. The van der Waals surface area contributed by atoms with Gasteiger partial charge in [0.1, 0.15) is 12.1 Å². The van der Waals surface area contributed by atoms with E-state index in [0.29, 0.717) is 16.4 Å². The first-order valence-electron chi connectivity index (χ1n) is 13.2. The van der Waals surface area contributed by atoms with E-state index in [1.807, 2.05) is 42.6 Å². The molecular weight excluding hydrogens is 540 g/mol. The van der Waals surface area contributed by atoms with E-state index in [9.17, 15) is 8.42 Å². The predicted molar refractivity (Wildman–Crippen MR) is 160 cm³/mol. The number of hydrogen-bond acceptors (Lipinski definition) is 9. The highest BCUT2D eigenvalue weighted by Crippen LogP contribution is 2.37. The molecule has 1 N–H and O–H groups in total. The highest BCUT2D eigenvalue weighted by Gasteiger charge is 2.22. The predicted octanol–water partition coefficient (Wildman–Crippen LogP) is 4.43. The number of anilines is 2. The van der Waals surface area contributed by atoms with Crippen LogP contribution in [0.3, 0.4) is 0 Å². The van der Waals surface area contributed by atoms with Crippen LogP contribution in [-0.4, -0.2) is 75.2 Å². The Kier molecular flexibility index (Phi) is 6.96. The molecule has 2 aromatic heterocycles. The van der Waals surface area contributed by atoms with E-state index in [2.05, 4.69) is 36.0 Å². The fourth-order valence-electron chi connectivity index (χ4n) is 5.26. The second-order valence-corrected chi connectivity index (χ2v) is 11.9. The van der Waals surface area contributed by atoms with E-state index in [4.69, 9.17) is 9.47 Å². The first-order chi connectivity index (χ1) is 19.9. The third kappa shape index (κ3) is 5.16. The molecule has 210 valence electrons. The fourth-order valence-corrected chi connectivity index (χ4v) is 5.92. The van der Waals surface area contributed by atoms with Crippen LogP contribution in [0, 0.1) is 0 Å². The topological polar surface area (TPSA) is 114 Å². The number of hydrogen-bond donors (Lipinski definition) is 1. The van der Waals surface area contributed by atoms with Crippen molar-refractivity contribution in [2.45, 2.75) is 4.90 Å². The Morgan fingerprint density at radius 1 is 0.829 bits per heavy atom. The van der Waals surface area contributed by atoms with Crippen LogP contribution >= 0.6 is 0 Å². The molecule has 0 unspecified atom stereocenters. The molecule has 3 heterocycles. The van der Waals surface area contributed by atoms with Crippen LogP contribution in [0.2, 0.25) is 0 Å². The van der Waals surface area contributed by atoms with Gasteiger partial charge >= 0.3 is 0 Å². The lowest BCUT2D eigenvalue weighted by Crippen LogP contribution is -2.47. The molecule has 1 aliphatic heterocycles. The summed E-state index contributed by atoms with van der Waals surface area (Å²) in [6.45, 7) is 2.96. The molecular formula is C30H30N6O4S. The molecule has 0 atom stereocenters. The minimum Gasteiger partial charge on any atom is -0.493 e. The molecule has 0 radical (unpaired) electrons. The Morgan fingerprint density at radius 2 is 1.59 bits per heavy atom. The number of nitrogens with zero attached hydrogens (tertiary/aromatic N) is 5. The number of nitrogens with one attached hydrogen (secondary N) is 1. The second-order valence-electron chi connectivity index (χ2n) is 9.89. The number of ether oxygens (including phenoxy) is 2. The summed E-state index contributed by atoms with van der Waals surface area (Å²) in [5, 5.41) is 8.51. The molecule has 1 fully saturated rings. The van der Waals surface area contributed by atoms with Crippen LogP contribution in [0.15, 0.2) is 78.1 Å². The molecule has 1 saturated heterocycles. The molecule has 1 aliphatic rings. The number of rotatable bonds is 7. The Balaban J connectivity index is 1.29. The number of piperazine rings is 1. The third-order valence-electron chi connectivity index (χ3n) is 7.41. The van der Waals surface area contributed by atoms with Crippen molar-refractivity contribution in [2.24, 2.45) is 0 Å². The van der Waals surface area contributed by atoms with Crippen molar-refractivity contribution in [1.82, 2.24) is 20.2 Å². The molecule has 0 bridgehead atoms. The molecule has 10 nitrogen and oxygen atoms in total.